The summed E-state index contributed by atoms with van der Waals surface area (Å²) in [6.07, 6.45) is 0. The van der Waals surface area contributed by atoms with E-state index in [0.717, 1.165) is 0 Å². The first-order chi connectivity index (χ1) is 13.3. The minimum atomic E-state index is 1.22. The van der Waals surface area contributed by atoms with E-state index in [2.05, 4.69) is 96.4 Å². The maximum Gasteiger partial charge on any atom is 0.0634 e. The van der Waals surface area contributed by atoms with E-state index < -0.39 is 0 Å². The highest BCUT2D eigenvalue weighted by Crippen LogP contribution is 2.42. The molecule has 0 atom stereocenters. The van der Waals surface area contributed by atoms with Crippen molar-refractivity contribution in [2.45, 2.75) is 6.92 Å². The van der Waals surface area contributed by atoms with Crippen LogP contribution < -0.4 is 0 Å². The normalized spacial score (nSPS) is 11.9. The quantitative estimate of drug-likeness (QED) is 0.286. The topological polar surface area (TPSA) is 4.93 Å². The molecule has 0 unspecified atom stereocenters. The van der Waals surface area contributed by atoms with E-state index in [-0.39, 0.29) is 0 Å². The summed E-state index contributed by atoms with van der Waals surface area (Å²) in [5, 5.41) is 5.34. The van der Waals surface area contributed by atoms with Crippen LogP contribution >= 0.6 is 11.3 Å². The number of hydrogen-bond acceptors (Lipinski definition) is 1. The standard InChI is InChI=1S/C25H17NS/c1-16-10-12-17(13-11-16)26-21-8-4-2-6-18(21)19-14-15-23-24(25(19)26)20-7-3-5-9-22(20)27-23/h2-15H,1H3. The second-order valence-corrected chi connectivity index (χ2v) is 8.20. The first-order valence-corrected chi connectivity index (χ1v) is 10.0. The van der Waals surface area contributed by atoms with Crippen LogP contribution in [0.1, 0.15) is 5.56 Å². The SMILES string of the molecule is Cc1ccc(-n2c3ccccc3c3ccc4sc5ccccc5c4c32)cc1. The lowest BCUT2D eigenvalue weighted by Gasteiger charge is -2.09. The Hall–Kier alpha value is -3.10. The van der Waals surface area contributed by atoms with E-state index in [0.29, 0.717) is 0 Å². The predicted octanol–water partition coefficient (Wildman–Crippen LogP) is 7.46. The summed E-state index contributed by atoms with van der Waals surface area (Å²) in [6.45, 7) is 2.14. The molecule has 0 aliphatic heterocycles. The molecule has 0 N–H and O–H groups in total. The fraction of sp³-hybridized carbons (Fsp3) is 0.0400. The lowest BCUT2D eigenvalue weighted by Crippen LogP contribution is -1.94. The average Bonchev–Trinajstić information content (AvgIpc) is 3.24. The predicted molar refractivity (Wildman–Crippen MR) is 118 cm³/mol. The van der Waals surface area contributed by atoms with Gasteiger partial charge in [-0.15, -0.1) is 11.3 Å². The summed E-state index contributed by atoms with van der Waals surface area (Å²) in [6, 6.07) is 30.9. The molecule has 0 fully saturated rings. The van der Waals surface area contributed by atoms with Crippen molar-refractivity contribution in [2.75, 3.05) is 0 Å². The number of fused-ring (bicyclic) bond motifs is 7. The van der Waals surface area contributed by atoms with E-state index in [1.165, 1.54) is 53.2 Å². The lowest BCUT2D eigenvalue weighted by molar-refractivity contribution is 1.18. The van der Waals surface area contributed by atoms with E-state index in [4.69, 9.17) is 0 Å². The van der Waals surface area contributed by atoms with Gasteiger partial charge in [0.2, 0.25) is 0 Å². The highest BCUT2D eigenvalue weighted by atomic mass is 32.1. The summed E-state index contributed by atoms with van der Waals surface area (Å²) < 4.78 is 5.13. The molecule has 6 aromatic rings. The van der Waals surface area contributed by atoms with Gasteiger partial charge in [0.05, 0.1) is 11.0 Å². The highest BCUT2D eigenvalue weighted by Gasteiger charge is 2.17. The van der Waals surface area contributed by atoms with E-state index in [1.807, 2.05) is 11.3 Å². The zero-order valence-corrected chi connectivity index (χ0v) is 15.8. The summed E-state index contributed by atoms with van der Waals surface area (Å²) in [5.74, 6) is 0. The van der Waals surface area contributed by atoms with Gasteiger partial charge in [-0.25, -0.2) is 0 Å². The third-order valence-corrected chi connectivity index (χ3v) is 6.60. The van der Waals surface area contributed by atoms with Crippen molar-refractivity contribution in [3.63, 3.8) is 0 Å². The zero-order chi connectivity index (χ0) is 18.0. The molecule has 0 amide bonds. The average molecular weight is 363 g/mol. The third kappa shape index (κ3) is 2.05. The molecule has 4 aromatic carbocycles. The van der Waals surface area contributed by atoms with Crippen molar-refractivity contribution in [2.24, 2.45) is 0 Å². The van der Waals surface area contributed by atoms with Gasteiger partial charge in [-0.1, -0.05) is 60.2 Å². The van der Waals surface area contributed by atoms with Crippen molar-refractivity contribution in [1.29, 1.82) is 0 Å². The summed E-state index contributed by atoms with van der Waals surface area (Å²) >= 11 is 1.88. The van der Waals surface area contributed by atoms with Crippen LogP contribution in [-0.2, 0) is 0 Å². The third-order valence-electron chi connectivity index (χ3n) is 5.47. The number of benzene rings is 4. The van der Waals surface area contributed by atoms with Crippen LogP contribution in [0.3, 0.4) is 0 Å². The van der Waals surface area contributed by atoms with Crippen LogP contribution in [0.4, 0.5) is 0 Å². The molecule has 2 aromatic heterocycles. The minimum absolute atomic E-state index is 1.22. The number of thiophene rings is 1. The van der Waals surface area contributed by atoms with Gasteiger partial charge in [0, 0.05) is 36.6 Å². The van der Waals surface area contributed by atoms with Gasteiger partial charge < -0.3 is 4.57 Å². The molecular weight excluding hydrogens is 346 g/mol. The number of rotatable bonds is 1. The molecule has 2 heterocycles. The van der Waals surface area contributed by atoms with Gasteiger partial charge in [-0.2, -0.15) is 0 Å². The molecule has 0 spiro atoms. The fourth-order valence-corrected chi connectivity index (χ4v) is 5.34. The van der Waals surface area contributed by atoms with Crippen LogP contribution in [0.2, 0.25) is 0 Å². The van der Waals surface area contributed by atoms with Gasteiger partial charge in [0.1, 0.15) is 0 Å². The van der Waals surface area contributed by atoms with Gasteiger partial charge in [-0.3, -0.25) is 0 Å². The van der Waals surface area contributed by atoms with Crippen LogP contribution in [-0.4, -0.2) is 4.57 Å². The smallest absolute Gasteiger partial charge is 0.0634 e. The van der Waals surface area contributed by atoms with Gasteiger partial charge in [0.15, 0.2) is 0 Å². The van der Waals surface area contributed by atoms with E-state index in [9.17, 15) is 0 Å². The summed E-state index contributed by atoms with van der Waals surface area (Å²) in [4.78, 5) is 0. The number of aryl methyl sites for hydroxylation is 1. The Balaban J connectivity index is 1.92. The first kappa shape index (κ1) is 15.0. The van der Waals surface area contributed by atoms with Crippen molar-refractivity contribution in [1.82, 2.24) is 4.57 Å². The maximum absolute atomic E-state index is 2.44. The van der Waals surface area contributed by atoms with Gasteiger partial charge >= 0.3 is 0 Å². The molecule has 2 heteroatoms. The number of hydrogen-bond donors (Lipinski definition) is 0. The molecule has 1 nitrogen and oxygen atoms in total. The molecule has 0 bridgehead atoms. The molecule has 0 saturated carbocycles. The molecule has 27 heavy (non-hydrogen) atoms. The van der Waals surface area contributed by atoms with Crippen molar-refractivity contribution < 1.29 is 0 Å². The highest BCUT2D eigenvalue weighted by molar-refractivity contribution is 7.26. The van der Waals surface area contributed by atoms with Crippen LogP contribution in [0.15, 0.2) is 84.9 Å². The molecule has 0 radical (unpaired) electrons. The lowest BCUT2D eigenvalue weighted by atomic mass is 10.1. The Morgan fingerprint density at radius 1 is 0.630 bits per heavy atom. The van der Waals surface area contributed by atoms with Gasteiger partial charge in [-0.05, 0) is 37.3 Å². The van der Waals surface area contributed by atoms with Gasteiger partial charge in [0.25, 0.3) is 0 Å². The maximum atomic E-state index is 2.44. The Labute approximate surface area is 161 Å². The van der Waals surface area contributed by atoms with Crippen molar-refractivity contribution in [3.8, 4) is 5.69 Å². The molecule has 0 saturated heterocycles. The number of para-hydroxylation sites is 1. The van der Waals surface area contributed by atoms with Crippen LogP contribution in [0, 0.1) is 6.92 Å². The second-order valence-electron chi connectivity index (χ2n) is 7.12. The Morgan fingerprint density at radius 3 is 2.22 bits per heavy atom. The zero-order valence-electron chi connectivity index (χ0n) is 14.9. The van der Waals surface area contributed by atoms with Crippen LogP contribution in [0.5, 0.6) is 0 Å². The molecule has 0 aliphatic carbocycles. The second kappa shape index (κ2) is 5.45. The summed E-state index contributed by atoms with van der Waals surface area (Å²) in [7, 11) is 0. The largest absolute Gasteiger partial charge is 0.309 e. The number of nitrogens with zero attached hydrogens (tertiary/aromatic N) is 1. The minimum Gasteiger partial charge on any atom is -0.309 e. The molecule has 128 valence electrons. The summed E-state index contributed by atoms with van der Waals surface area (Å²) in [5.41, 5.74) is 5.08. The number of aromatic nitrogens is 1. The molecular formula is C25H17NS. The van der Waals surface area contributed by atoms with E-state index in [1.54, 1.807) is 0 Å². The Morgan fingerprint density at radius 2 is 1.37 bits per heavy atom. The Kier molecular flexibility index (Phi) is 3.03. The van der Waals surface area contributed by atoms with Crippen molar-refractivity contribution in [3.05, 3.63) is 90.5 Å². The fourth-order valence-electron chi connectivity index (χ4n) is 4.23. The van der Waals surface area contributed by atoms with Crippen LogP contribution in [0.25, 0.3) is 47.7 Å². The monoisotopic (exact) mass is 363 g/mol. The molecule has 0 aliphatic rings. The van der Waals surface area contributed by atoms with E-state index >= 15 is 0 Å². The van der Waals surface area contributed by atoms with Crippen molar-refractivity contribution >= 4 is 53.3 Å². The first-order valence-electron chi connectivity index (χ1n) is 9.22. The Bertz CT molecular complexity index is 1470. The molecule has 6 rings (SSSR count).